The summed E-state index contributed by atoms with van der Waals surface area (Å²) in [5, 5.41) is 12.0. The molecule has 2 N–H and O–H groups in total. The molecule has 6 nitrogen and oxygen atoms in total. The van der Waals surface area contributed by atoms with Gasteiger partial charge in [0.1, 0.15) is 6.04 Å². The predicted octanol–water partition coefficient (Wildman–Crippen LogP) is 0.967. The van der Waals surface area contributed by atoms with Crippen LogP contribution in [0.25, 0.3) is 0 Å². The number of hydrogen-bond donors (Lipinski definition) is 2. The highest BCUT2D eigenvalue weighted by molar-refractivity contribution is 7.99. The molecule has 1 aliphatic heterocycles. The number of hydrogen-bond acceptors (Lipinski definition) is 4. The SMILES string of the molecule is CC(=O)N1CSC[C@@H]1C(=O)NC[C@H](Cc1ccccc1)C(=O)O. The van der Waals surface area contributed by atoms with Crippen LogP contribution in [0.4, 0.5) is 0 Å². The Morgan fingerprint density at radius 1 is 1.35 bits per heavy atom. The van der Waals surface area contributed by atoms with E-state index in [0.29, 0.717) is 18.1 Å². The van der Waals surface area contributed by atoms with Crippen LogP contribution in [0.15, 0.2) is 30.3 Å². The van der Waals surface area contributed by atoms with E-state index in [1.807, 2.05) is 30.3 Å². The largest absolute Gasteiger partial charge is 0.481 e. The van der Waals surface area contributed by atoms with E-state index in [9.17, 15) is 19.5 Å². The minimum absolute atomic E-state index is 0.0516. The molecule has 7 heteroatoms. The second-order valence-corrected chi connectivity index (χ2v) is 6.47. The molecule has 124 valence electrons. The summed E-state index contributed by atoms with van der Waals surface area (Å²) in [7, 11) is 0. The van der Waals surface area contributed by atoms with E-state index in [1.54, 1.807) is 0 Å². The van der Waals surface area contributed by atoms with E-state index in [2.05, 4.69) is 5.32 Å². The number of carbonyl (C=O) groups is 3. The number of carbonyl (C=O) groups excluding carboxylic acids is 2. The highest BCUT2D eigenvalue weighted by Gasteiger charge is 2.33. The van der Waals surface area contributed by atoms with Gasteiger partial charge in [-0.2, -0.15) is 0 Å². The molecule has 1 aromatic carbocycles. The number of carboxylic acids is 1. The summed E-state index contributed by atoms with van der Waals surface area (Å²) in [6.07, 6.45) is 0.353. The minimum atomic E-state index is -0.946. The van der Waals surface area contributed by atoms with Crippen molar-refractivity contribution in [1.82, 2.24) is 10.2 Å². The van der Waals surface area contributed by atoms with Crippen molar-refractivity contribution < 1.29 is 19.5 Å². The van der Waals surface area contributed by atoms with Gasteiger partial charge in [0.25, 0.3) is 0 Å². The smallest absolute Gasteiger partial charge is 0.308 e. The first-order chi connectivity index (χ1) is 11.0. The lowest BCUT2D eigenvalue weighted by atomic mass is 9.99. The molecule has 0 aromatic heterocycles. The number of nitrogens with zero attached hydrogens (tertiary/aromatic N) is 1. The van der Waals surface area contributed by atoms with Crippen molar-refractivity contribution >= 4 is 29.5 Å². The van der Waals surface area contributed by atoms with Crippen LogP contribution in [-0.2, 0) is 20.8 Å². The number of carboxylic acid groups (broad SMARTS) is 1. The highest BCUT2D eigenvalue weighted by Crippen LogP contribution is 2.21. The summed E-state index contributed by atoms with van der Waals surface area (Å²) in [4.78, 5) is 36.6. The van der Waals surface area contributed by atoms with Crippen molar-refractivity contribution in [3.05, 3.63) is 35.9 Å². The summed E-state index contributed by atoms with van der Waals surface area (Å²) >= 11 is 1.52. The normalized spacial score (nSPS) is 18.5. The molecule has 2 rings (SSSR count). The monoisotopic (exact) mass is 336 g/mol. The van der Waals surface area contributed by atoms with Gasteiger partial charge < -0.3 is 15.3 Å². The van der Waals surface area contributed by atoms with Crippen LogP contribution < -0.4 is 5.32 Å². The molecule has 0 unspecified atom stereocenters. The minimum Gasteiger partial charge on any atom is -0.481 e. The Balaban J connectivity index is 1.92. The summed E-state index contributed by atoms with van der Waals surface area (Å²) < 4.78 is 0. The van der Waals surface area contributed by atoms with E-state index < -0.39 is 17.9 Å². The standard InChI is InChI=1S/C16H20N2O4S/c1-11(19)18-10-23-9-14(18)15(20)17-8-13(16(21)22)7-12-5-3-2-4-6-12/h2-6,13-14H,7-10H2,1H3,(H,17,20)(H,21,22)/t13-,14+/m0/s1. The number of benzene rings is 1. The fraction of sp³-hybridized carbons (Fsp3) is 0.438. The third kappa shape index (κ3) is 4.72. The van der Waals surface area contributed by atoms with Crippen molar-refractivity contribution in [3.8, 4) is 0 Å². The molecule has 1 aliphatic rings. The lowest BCUT2D eigenvalue weighted by molar-refractivity contribution is -0.142. The molecule has 2 atom stereocenters. The van der Waals surface area contributed by atoms with Gasteiger partial charge in [0.15, 0.2) is 0 Å². The number of aliphatic carboxylic acids is 1. The van der Waals surface area contributed by atoms with Gasteiger partial charge in [-0.1, -0.05) is 30.3 Å². The molecule has 2 amide bonds. The maximum absolute atomic E-state index is 12.2. The molecular weight excluding hydrogens is 316 g/mol. The average Bonchev–Trinajstić information content (AvgIpc) is 3.01. The lowest BCUT2D eigenvalue weighted by Crippen LogP contribution is -2.48. The van der Waals surface area contributed by atoms with Crippen molar-refractivity contribution in [2.45, 2.75) is 19.4 Å². The number of thioether (sulfide) groups is 1. The lowest BCUT2D eigenvalue weighted by Gasteiger charge is -2.22. The molecule has 1 heterocycles. The molecule has 0 radical (unpaired) electrons. The first-order valence-electron chi connectivity index (χ1n) is 7.38. The van der Waals surface area contributed by atoms with E-state index in [-0.39, 0.29) is 18.4 Å². The van der Waals surface area contributed by atoms with Gasteiger partial charge in [0.2, 0.25) is 11.8 Å². The van der Waals surface area contributed by atoms with Gasteiger partial charge >= 0.3 is 5.97 Å². The molecule has 23 heavy (non-hydrogen) atoms. The van der Waals surface area contributed by atoms with E-state index in [1.165, 1.54) is 23.6 Å². The fourth-order valence-corrected chi connectivity index (χ4v) is 3.68. The molecule has 0 bridgehead atoms. The van der Waals surface area contributed by atoms with Crippen LogP contribution in [0.2, 0.25) is 0 Å². The van der Waals surface area contributed by atoms with Crippen LogP contribution in [0.1, 0.15) is 12.5 Å². The van der Waals surface area contributed by atoms with Crippen LogP contribution in [0.3, 0.4) is 0 Å². The zero-order valence-electron chi connectivity index (χ0n) is 12.9. The van der Waals surface area contributed by atoms with E-state index in [4.69, 9.17) is 0 Å². The number of nitrogens with one attached hydrogen (secondary N) is 1. The van der Waals surface area contributed by atoms with Crippen LogP contribution in [-0.4, -0.2) is 52.0 Å². The van der Waals surface area contributed by atoms with Gasteiger partial charge in [-0.05, 0) is 12.0 Å². The molecule has 0 aliphatic carbocycles. The zero-order chi connectivity index (χ0) is 16.8. The Morgan fingerprint density at radius 3 is 2.65 bits per heavy atom. The Hall–Kier alpha value is -2.02. The average molecular weight is 336 g/mol. The number of amides is 2. The molecule has 0 spiro atoms. The van der Waals surface area contributed by atoms with Gasteiger partial charge in [0.05, 0.1) is 11.8 Å². The van der Waals surface area contributed by atoms with E-state index >= 15 is 0 Å². The van der Waals surface area contributed by atoms with E-state index in [0.717, 1.165) is 5.56 Å². The Morgan fingerprint density at radius 2 is 2.04 bits per heavy atom. The number of rotatable bonds is 6. The molecule has 1 saturated heterocycles. The summed E-state index contributed by atoms with van der Waals surface area (Å²) in [5.74, 6) is -1.03. The molecule has 1 fully saturated rings. The van der Waals surface area contributed by atoms with Crippen LogP contribution in [0.5, 0.6) is 0 Å². The molecule has 0 saturated carbocycles. The first-order valence-corrected chi connectivity index (χ1v) is 8.54. The first kappa shape index (κ1) is 17.3. The summed E-state index contributed by atoms with van der Waals surface area (Å²) in [5.41, 5.74) is 0.913. The van der Waals surface area contributed by atoms with Crippen molar-refractivity contribution in [2.75, 3.05) is 18.2 Å². The maximum Gasteiger partial charge on any atom is 0.308 e. The zero-order valence-corrected chi connectivity index (χ0v) is 13.7. The van der Waals surface area contributed by atoms with Gasteiger partial charge in [-0.25, -0.2) is 0 Å². The quantitative estimate of drug-likeness (QED) is 0.808. The third-order valence-corrected chi connectivity index (χ3v) is 4.80. The Bertz CT molecular complexity index is 579. The third-order valence-electron chi connectivity index (χ3n) is 3.79. The van der Waals surface area contributed by atoms with Crippen molar-refractivity contribution in [2.24, 2.45) is 5.92 Å². The van der Waals surface area contributed by atoms with Gasteiger partial charge in [0, 0.05) is 19.2 Å². The van der Waals surface area contributed by atoms with Crippen LogP contribution in [0, 0.1) is 5.92 Å². The second kappa shape index (κ2) is 8.01. The predicted molar refractivity (Wildman–Crippen MR) is 87.9 cm³/mol. The van der Waals surface area contributed by atoms with Gasteiger partial charge in [-0.15, -0.1) is 11.8 Å². The summed E-state index contributed by atoms with van der Waals surface area (Å²) in [6, 6.07) is 8.80. The Kier molecular flexibility index (Phi) is 6.04. The van der Waals surface area contributed by atoms with Crippen molar-refractivity contribution in [1.29, 1.82) is 0 Å². The molecular formula is C16H20N2O4S. The fourth-order valence-electron chi connectivity index (χ4n) is 2.46. The molecule has 1 aromatic rings. The van der Waals surface area contributed by atoms with Gasteiger partial charge in [-0.3, -0.25) is 14.4 Å². The second-order valence-electron chi connectivity index (χ2n) is 5.47. The highest BCUT2D eigenvalue weighted by atomic mass is 32.2. The maximum atomic E-state index is 12.2. The van der Waals surface area contributed by atoms with Crippen molar-refractivity contribution in [3.63, 3.8) is 0 Å². The summed E-state index contributed by atoms with van der Waals surface area (Å²) in [6.45, 7) is 1.48. The Labute approximate surface area is 139 Å². The topological polar surface area (TPSA) is 86.7 Å². The van der Waals surface area contributed by atoms with Crippen LogP contribution >= 0.6 is 11.8 Å².